The van der Waals surface area contributed by atoms with E-state index in [1.165, 1.54) is 48.7 Å². The van der Waals surface area contributed by atoms with Crippen LogP contribution in [0.15, 0.2) is 48.5 Å². The van der Waals surface area contributed by atoms with Gasteiger partial charge in [0, 0.05) is 36.6 Å². The van der Waals surface area contributed by atoms with Gasteiger partial charge in [0.2, 0.25) is 5.91 Å². The highest BCUT2D eigenvalue weighted by molar-refractivity contribution is 5.81. The van der Waals surface area contributed by atoms with Crippen LogP contribution in [0.25, 0.3) is 11.0 Å². The lowest BCUT2D eigenvalue weighted by Crippen LogP contribution is -2.50. The molecule has 0 spiro atoms. The van der Waals surface area contributed by atoms with Crippen molar-refractivity contribution in [3.05, 3.63) is 65.5 Å². The van der Waals surface area contributed by atoms with Crippen LogP contribution in [-0.4, -0.2) is 57.0 Å². The maximum Gasteiger partial charge on any atom is 0.227 e. The summed E-state index contributed by atoms with van der Waals surface area (Å²) in [6.45, 7) is 13.5. The van der Waals surface area contributed by atoms with Crippen molar-refractivity contribution in [3.8, 4) is 0 Å². The van der Waals surface area contributed by atoms with E-state index >= 15 is 0 Å². The summed E-state index contributed by atoms with van der Waals surface area (Å²) in [4.78, 5) is 23.0. The predicted octanol–water partition coefficient (Wildman–Crippen LogP) is 7.07. The molecule has 3 aliphatic heterocycles. The van der Waals surface area contributed by atoms with Gasteiger partial charge in [-0.25, -0.2) is 4.98 Å². The van der Waals surface area contributed by atoms with E-state index in [1.54, 1.807) is 0 Å². The predicted molar refractivity (Wildman–Crippen MR) is 164 cm³/mol. The summed E-state index contributed by atoms with van der Waals surface area (Å²) in [6.07, 6.45) is 9.47. The van der Waals surface area contributed by atoms with Crippen LogP contribution in [0, 0.1) is 12.3 Å². The molecule has 5 heteroatoms. The topological polar surface area (TPSA) is 41.4 Å². The third-order valence-electron chi connectivity index (χ3n) is 10.4. The van der Waals surface area contributed by atoms with Crippen LogP contribution < -0.4 is 0 Å². The molecule has 5 nitrogen and oxygen atoms in total. The summed E-state index contributed by atoms with van der Waals surface area (Å²) in [5.41, 5.74) is 5.18. The molecule has 40 heavy (non-hydrogen) atoms. The molecular formula is C35H48N4O. The Labute approximate surface area is 241 Å². The van der Waals surface area contributed by atoms with E-state index in [-0.39, 0.29) is 10.8 Å². The minimum Gasteiger partial charge on any atom is -0.342 e. The summed E-state index contributed by atoms with van der Waals surface area (Å²) in [5.74, 6) is 1.45. The average molecular weight is 541 g/mol. The van der Waals surface area contributed by atoms with Gasteiger partial charge < -0.3 is 9.47 Å². The molecule has 3 fully saturated rings. The number of likely N-dealkylation sites (tertiary alicyclic amines) is 1. The maximum atomic E-state index is 13.1. The van der Waals surface area contributed by atoms with Crippen molar-refractivity contribution in [2.75, 3.05) is 19.6 Å². The monoisotopic (exact) mass is 540 g/mol. The van der Waals surface area contributed by atoms with Gasteiger partial charge in [0.25, 0.3) is 0 Å². The molecule has 1 aromatic heterocycles. The van der Waals surface area contributed by atoms with Crippen LogP contribution in [0.3, 0.4) is 0 Å². The number of rotatable bonds is 6. The number of imidazole rings is 1. The minimum atomic E-state index is -0.315. The van der Waals surface area contributed by atoms with Crippen LogP contribution in [0.2, 0.25) is 0 Å². The average Bonchev–Trinajstić information content (AvgIpc) is 3.41. The lowest BCUT2D eigenvalue weighted by molar-refractivity contribution is -0.141. The lowest BCUT2D eigenvalue weighted by Gasteiger charge is -2.46. The second-order valence-corrected chi connectivity index (χ2v) is 13.9. The normalized spacial score (nSPS) is 25.0. The zero-order valence-electron chi connectivity index (χ0n) is 25.3. The number of aromatic nitrogens is 2. The van der Waals surface area contributed by atoms with Crippen LogP contribution in [0.5, 0.6) is 0 Å². The molecule has 3 aromatic rings. The van der Waals surface area contributed by atoms with Crippen LogP contribution >= 0.6 is 0 Å². The smallest absolute Gasteiger partial charge is 0.227 e. The number of benzene rings is 2. The van der Waals surface area contributed by atoms with Crippen molar-refractivity contribution in [1.29, 1.82) is 0 Å². The van der Waals surface area contributed by atoms with Gasteiger partial charge in [-0.05, 0) is 93.5 Å². The molecule has 0 radical (unpaired) electrons. The molecule has 214 valence electrons. The number of para-hydroxylation sites is 2. The van der Waals surface area contributed by atoms with Gasteiger partial charge in [-0.15, -0.1) is 0 Å². The summed E-state index contributed by atoms with van der Waals surface area (Å²) < 4.78 is 2.54. The first kappa shape index (κ1) is 27.5. The first-order chi connectivity index (χ1) is 19.2. The Morgan fingerprint density at radius 2 is 1.68 bits per heavy atom. The summed E-state index contributed by atoms with van der Waals surface area (Å²) in [6, 6.07) is 19.9. The van der Waals surface area contributed by atoms with Gasteiger partial charge in [0.15, 0.2) is 0 Å². The molecule has 4 heterocycles. The van der Waals surface area contributed by atoms with Crippen LogP contribution in [0.1, 0.15) is 95.6 Å². The van der Waals surface area contributed by atoms with Gasteiger partial charge in [0.05, 0.1) is 11.0 Å². The number of hydrogen-bond acceptors (Lipinski definition) is 3. The molecule has 1 amide bonds. The van der Waals surface area contributed by atoms with Gasteiger partial charge in [-0.1, -0.05) is 64.1 Å². The van der Waals surface area contributed by atoms with Crippen molar-refractivity contribution >= 4 is 16.9 Å². The second-order valence-electron chi connectivity index (χ2n) is 13.9. The Morgan fingerprint density at radius 3 is 2.35 bits per heavy atom. The highest BCUT2D eigenvalue weighted by Gasteiger charge is 2.44. The largest absolute Gasteiger partial charge is 0.342 e. The van der Waals surface area contributed by atoms with Gasteiger partial charge in [-0.2, -0.15) is 0 Å². The zero-order chi connectivity index (χ0) is 28.1. The van der Waals surface area contributed by atoms with E-state index in [0.29, 0.717) is 24.0 Å². The van der Waals surface area contributed by atoms with E-state index in [0.717, 1.165) is 50.2 Å². The van der Waals surface area contributed by atoms with Crippen LogP contribution in [-0.2, 0) is 16.6 Å². The Hall–Kier alpha value is -2.66. The SMILES string of the molecule is CCc1cccc(C2(CCN3[C@@H]4CC[C@H]3CC(n3c(C)nc5ccccc53)C4)CCN(C(=O)C(C)(C)C)CC2)c1. The molecule has 0 aliphatic carbocycles. The highest BCUT2D eigenvalue weighted by atomic mass is 16.2. The minimum absolute atomic E-state index is 0.146. The van der Waals surface area contributed by atoms with Crippen molar-refractivity contribution in [2.24, 2.45) is 5.41 Å². The zero-order valence-corrected chi connectivity index (χ0v) is 25.3. The third kappa shape index (κ3) is 5.00. The number of piperidine rings is 2. The standard InChI is InChI=1S/C35H48N4O/c1-6-26-10-9-11-27(22-26)35(16-19-37(20-17-35)33(40)34(3,4)5)18-21-38-28-14-15-29(38)24-30(23-28)39-25(2)36-31-12-7-8-13-32(31)39/h7-13,22,28-30H,6,14-21,23-24H2,1-5H3/t28-,29+,30?. The molecule has 2 aromatic carbocycles. The Balaban J connectivity index is 1.20. The fourth-order valence-corrected chi connectivity index (χ4v) is 8.21. The number of nitrogens with zero attached hydrogens (tertiary/aromatic N) is 4. The molecule has 1 unspecified atom stereocenters. The number of fused-ring (bicyclic) bond motifs is 3. The van der Waals surface area contributed by atoms with E-state index in [1.807, 2.05) is 0 Å². The van der Waals surface area contributed by atoms with Crippen molar-refractivity contribution in [3.63, 3.8) is 0 Å². The van der Waals surface area contributed by atoms with Crippen molar-refractivity contribution in [2.45, 2.75) is 110 Å². The molecule has 3 atom stereocenters. The molecule has 6 rings (SSSR count). The molecular weight excluding hydrogens is 492 g/mol. The van der Waals surface area contributed by atoms with Crippen molar-refractivity contribution < 1.29 is 4.79 Å². The van der Waals surface area contributed by atoms with E-state index in [9.17, 15) is 4.79 Å². The Morgan fingerprint density at radius 1 is 0.975 bits per heavy atom. The Kier molecular flexibility index (Phi) is 7.31. The van der Waals surface area contributed by atoms with Crippen LogP contribution in [0.4, 0.5) is 0 Å². The molecule has 3 saturated heterocycles. The van der Waals surface area contributed by atoms with Gasteiger partial charge in [-0.3, -0.25) is 9.69 Å². The molecule has 2 bridgehead atoms. The van der Waals surface area contributed by atoms with Gasteiger partial charge in [0.1, 0.15) is 5.82 Å². The number of hydrogen-bond donors (Lipinski definition) is 0. The fourth-order valence-electron chi connectivity index (χ4n) is 8.21. The summed E-state index contributed by atoms with van der Waals surface area (Å²) in [7, 11) is 0. The lowest BCUT2D eigenvalue weighted by atomic mass is 9.69. The Bertz CT molecular complexity index is 1350. The van der Waals surface area contributed by atoms with Gasteiger partial charge >= 0.3 is 0 Å². The molecule has 0 saturated carbocycles. The summed E-state index contributed by atoms with van der Waals surface area (Å²) >= 11 is 0. The first-order valence-corrected chi connectivity index (χ1v) is 15.8. The molecule has 3 aliphatic rings. The number of carbonyl (C=O) groups is 1. The van der Waals surface area contributed by atoms with Crippen molar-refractivity contribution in [1.82, 2.24) is 19.4 Å². The number of amides is 1. The highest BCUT2D eigenvalue weighted by Crippen LogP contribution is 2.45. The number of carbonyl (C=O) groups excluding carboxylic acids is 1. The quantitative estimate of drug-likeness (QED) is 0.336. The third-order valence-corrected chi connectivity index (χ3v) is 10.4. The maximum absolute atomic E-state index is 13.1. The number of aryl methyl sites for hydroxylation is 2. The summed E-state index contributed by atoms with van der Waals surface area (Å²) in [5, 5.41) is 0. The van der Waals surface area contributed by atoms with E-state index < -0.39 is 0 Å². The van der Waals surface area contributed by atoms with E-state index in [2.05, 4.69) is 97.5 Å². The first-order valence-electron chi connectivity index (χ1n) is 15.8. The van der Waals surface area contributed by atoms with E-state index in [4.69, 9.17) is 4.98 Å². The second kappa shape index (κ2) is 10.6. The fraction of sp³-hybridized carbons (Fsp3) is 0.600. The molecule has 0 N–H and O–H groups in total.